The number of amides is 3. The minimum Gasteiger partial charge on any atom is -0.480 e. The van der Waals surface area contributed by atoms with Crippen molar-refractivity contribution in [3.8, 4) is 0 Å². The zero-order valence-corrected chi connectivity index (χ0v) is 22.7. The largest absolute Gasteiger partial charge is 0.480 e. The van der Waals surface area contributed by atoms with Crippen LogP contribution in [0.15, 0.2) is 43.0 Å². The summed E-state index contributed by atoms with van der Waals surface area (Å²) < 4.78 is 0. The number of nitrogens with one attached hydrogen (secondary N) is 5. The van der Waals surface area contributed by atoms with Crippen molar-refractivity contribution in [2.24, 2.45) is 11.7 Å². The number of imidazole rings is 1. The molecule has 1 aromatic carbocycles. The first kappa shape index (κ1) is 30.3. The van der Waals surface area contributed by atoms with Crippen LogP contribution in [0, 0.1) is 5.92 Å². The zero-order valence-electron chi connectivity index (χ0n) is 22.7. The molecule has 0 spiro atoms. The molecule has 13 heteroatoms. The number of hydrogen-bond donors (Lipinski definition) is 8. The molecule has 3 aromatic rings. The molecule has 13 nitrogen and oxygen atoms in total. The maximum atomic E-state index is 13.4. The number of rotatable bonds is 14. The molecular weight excluding hydrogens is 518 g/mol. The number of carbonyl (C=O) groups excluding carboxylic acids is 3. The van der Waals surface area contributed by atoms with Crippen molar-refractivity contribution in [2.45, 2.75) is 70.3 Å². The fraction of sp³-hybridized carbons (Fsp3) is 0.444. The molecular formula is C27H37N7O6. The lowest BCUT2D eigenvalue weighted by Gasteiger charge is -2.26. The van der Waals surface area contributed by atoms with Gasteiger partial charge in [-0.2, -0.15) is 0 Å². The second-order valence-electron chi connectivity index (χ2n) is 10.3. The first-order valence-corrected chi connectivity index (χ1v) is 13.1. The van der Waals surface area contributed by atoms with Gasteiger partial charge in [-0.25, -0.2) is 9.78 Å². The first-order valence-electron chi connectivity index (χ1n) is 13.1. The van der Waals surface area contributed by atoms with E-state index < -0.39 is 54.0 Å². The highest BCUT2D eigenvalue weighted by molar-refractivity contribution is 5.95. The van der Waals surface area contributed by atoms with Crippen LogP contribution in [0.4, 0.5) is 0 Å². The highest BCUT2D eigenvalue weighted by Crippen LogP contribution is 2.19. The molecule has 9 N–H and O–H groups in total. The Morgan fingerprint density at radius 1 is 0.950 bits per heavy atom. The molecule has 216 valence electrons. The number of hydrogen-bond acceptors (Lipinski definition) is 7. The van der Waals surface area contributed by atoms with Gasteiger partial charge in [0.15, 0.2) is 0 Å². The Labute approximate surface area is 231 Å². The summed E-state index contributed by atoms with van der Waals surface area (Å²) in [7, 11) is 0. The number of carboxylic acids is 1. The molecule has 0 saturated carbocycles. The van der Waals surface area contributed by atoms with E-state index in [4.69, 9.17) is 5.73 Å². The van der Waals surface area contributed by atoms with Gasteiger partial charge in [0, 0.05) is 41.8 Å². The fourth-order valence-corrected chi connectivity index (χ4v) is 4.36. The van der Waals surface area contributed by atoms with Gasteiger partial charge in [0.1, 0.15) is 18.1 Å². The summed E-state index contributed by atoms with van der Waals surface area (Å²) in [6, 6.07) is 2.55. The third-order valence-electron chi connectivity index (χ3n) is 6.45. The van der Waals surface area contributed by atoms with E-state index in [1.54, 1.807) is 6.20 Å². The van der Waals surface area contributed by atoms with Crippen LogP contribution in [-0.2, 0) is 32.0 Å². The van der Waals surface area contributed by atoms with Crippen LogP contribution < -0.4 is 21.7 Å². The predicted molar refractivity (Wildman–Crippen MR) is 147 cm³/mol. The van der Waals surface area contributed by atoms with Gasteiger partial charge in [0.25, 0.3) is 0 Å². The number of aliphatic carboxylic acids is 1. The Balaban J connectivity index is 1.83. The van der Waals surface area contributed by atoms with Crippen LogP contribution in [0.3, 0.4) is 0 Å². The van der Waals surface area contributed by atoms with E-state index in [0.717, 1.165) is 10.9 Å². The van der Waals surface area contributed by atoms with Crippen molar-refractivity contribution in [1.82, 2.24) is 30.9 Å². The van der Waals surface area contributed by atoms with Gasteiger partial charge in [-0.15, -0.1) is 0 Å². The van der Waals surface area contributed by atoms with E-state index >= 15 is 0 Å². The molecule has 0 fully saturated rings. The molecule has 3 rings (SSSR count). The number of carbonyl (C=O) groups is 4. The topological polar surface area (TPSA) is 215 Å². The summed E-state index contributed by atoms with van der Waals surface area (Å²) in [5, 5.41) is 28.4. The van der Waals surface area contributed by atoms with E-state index in [-0.39, 0.29) is 18.8 Å². The summed E-state index contributed by atoms with van der Waals surface area (Å²) in [6.07, 6.45) is 3.56. The highest BCUT2D eigenvalue weighted by atomic mass is 16.4. The van der Waals surface area contributed by atoms with Gasteiger partial charge in [0.05, 0.1) is 18.5 Å². The van der Waals surface area contributed by atoms with Gasteiger partial charge in [-0.1, -0.05) is 32.0 Å². The van der Waals surface area contributed by atoms with Crippen molar-refractivity contribution in [2.75, 3.05) is 0 Å². The average Bonchev–Trinajstić information content (AvgIpc) is 3.55. The Morgan fingerprint density at radius 2 is 1.65 bits per heavy atom. The van der Waals surface area contributed by atoms with Crippen molar-refractivity contribution < 1.29 is 29.4 Å². The molecule has 2 aromatic heterocycles. The van der Waals surface area contributed by atoms with Crippen molar-refractivity contribution >= 4 is 34.6 Å². The lowest BCUT2D eigenvalue weighted by Crippen LogP contribution is -2.60. The summed E-state index contributed by atoms with van der Waals surface area (Å²) in [6.45, 7) is 5.13. The van der Waals surface area contributed by atoms with Crippen LogP contribution in [0.2, 0.25) is 0 Å². The van der Waals surface area contributed by atoms with E-state index in [1.807, 2.05) is 38.1 Å². The predicted octanol–water partition coefficient (Wildman–Crippen LogP) is -0.0306. The highest BCUT2D eigenvalue weighted by Gasteiger charge is 2.33. The molecule has 2 heterocycles. The Kier molecular flexibility index (Phi) is 10.4. The number of aromatic amines is 2. The minimum atomic E-state index is -1.40. The van der Waals surface area contributed by atoms with Gasteiger partial charge < -0.3 is 41.9 Å². The number of carboxylic acid groups (broad SMARTS) is 1. The summed E-state index contributed by atoms with van der Waals surface area (Å²) >= 11 is 0. The third-order valence-corrected chi connectivity index (χ3v) is 6.45. The molecule has 5 unspecified atom stereocenters. The second-order valence-corrected chi connectivity index (χ2v) is 10.3. The molecule has 0 aliphatic heterocycles. The van der Waals surface area contributed by atoms with Crippen LogP contribution in [0.5, 0.6) is 0 Å². The van der Waals surface area contributed by atoms with Gasteiger partial charge >= 0.3 is 5.97 Å². The number of nitrogens with two attached hydrogens (primary N) is 1. The van der Waals surface area contributed by atoms with Crippen LogP contribution in [0.25, 0.3) is 10.9 Å². The summed E-state index contributed by atoms with van der Waals surface area (Å²) in [4.78, 5) is 61.0. The van der Waals surface area contributed by atoms with E-state index in [1.165, 1.54) is 19.4 Å². The second kappa shape index (κ2) is 13.7. The third kappa shape index (κ3) is 8.13. The Morgan fingerprint density at radius 3 is 2.27 bits per heavy atom. The average molecular weight is 556 g/mol. The van der Waals surface area contributed by atoms with Crippen molar-refractivity contribution in [3.05, 3.63) is 54.2 Å². The maximum absolute atomic E-state index is 13.4. The Hall–Kier alpha value is -4.23. The number of fused-ring (bicyclic) bond motifs is 1. The van der Waals surface area contributed by atoms with E-state index in [9.17, 15) is 29.4 Å². The summed E-state index contributed by atoms with van der Waals surface area (Å²) in [5.41, 5.74) is 7.96. The molecule has 5 atom stereocenters. The fourth-order valence-electron chi connectivity index (χ4n) is 4.36. The molecule has 0 radical (unpaired) electrons. The van der Waals surface area contributed by atoms with Gasteiger partial charge in [-0.05, 0) is 30.9 Å². The molecule has 3 amide bonds. The van der Waals surface area contributed by atoms with Gasteiger partial charge in [0.2, 0.25) is 17.7 Å². The molecule has 0 bridgehead atoms. The monoisotopic (exact) mass is 555 g/mol. The SMILES string of the molecule is CC(C)CC(N)C(=O)NC(C(=O)NC(Cc1c[nH]c2ccccc12)C(=O)NC(Cc1cnc[nH]1)C(=O)O)C(C)O. The molecule has 40 heavy (non-hydrogen) atoms. The number of aliphatic hydroxyl groups is 1. The minimum absolute atomic E-state index is 0.00528. The number of aromatic nitrogens is 3. The van der Waals surface area contributed by atoms with E-state index in [2.05, 4.69) is 30.9 Å². The first-order chi connectivity index (χ1) is 19.0. The van der Waals surface area contributed by atoms with Crippen molar-refractivity contribution in [1.29, 1.82) is 0 Å². The number of H-pyrrole nitrogens is 2. The molecule has 0 saturated heterocycles. The zero-order chi connectivity index (χ0) is 29.4. The molecule has 0 aliphatic rings. The van der Waals surface area contributed by atoms with Gasteiger partial charge in [-0.3, -0.25) is 14.4 Å². The standard InChI is InChI=1S/C27H37N7O6/c1-14(2)8-19(28)24(36)34-23(15(3)35)26(38)32-21(9-16-11-30-20-7-5-4-6-18(16)20)25(37)33-22(27(39)40)10-17-12-29-13-31-17/h4-7,11-15,19,21-23,30,35H,8-10,28H2,1-3H3,(H,29,31)(H,32,38)(H,33,37)(H,34,36)(H,39,40). The van der Waals surface area contributed by atoms with E-state index in [0.29, 0.717) is 17.7 Å². The number of nitrogens with zero attached hydrogens (tertiary/aromatic N) is 1. The summed E-state index contributed by atoms with van der Waals surface area (Å²) in [5.74, 6) is -3.32. The number of benzene rings is 1. The lowest BCUT2D eigenvalue weighted by atomic mass is 10.0. The quantitative estimate of drug-likeness (QED) is 0.135. The number of para-hydroxylation sites is 1. The Bertz CT molecular complexity index is 1300. The maximum Gasteiger partial charge on any atom is 0.326 e. The van der Waals surface area contributed by atoms with Crippen molar-refractivity contribution in [3.63, 3.8) is 0 Å². The van der Waals surface area contributed by atoms with Crippen LogP contribution in [-0.4, -0.2) is 79.1 Å². The lowest BCUT2D eigenvalue weighted by molar-refractivity contribution is -0.142. The smallest absolute Gasteiger partial charge is 0.326 e. The number of aliphatic hydroxyl groups excluding tert-OH is 1. The van der Waals surface area contributed by atoms with Crippen LogP contribution in [0.1, 0.15) is 38.4 Å². The normalized spacial score (nSPS) is 15.2. The molecule has 0 aliphatic carbocycles. The van der Waals surface area contributed by atoms with Crippen LogP contribution >= 0.6 is 0 Å².